The number of nitro groups is 2. The molecule has 1 aliphatic heterocycles. The van der Waals surface area contributed by atoms with E-state index in [0.717, 1.165) is 17.0 Å². The van der Waals surface area contributed by atoms with E-state index in [1.165, 1.54) is 44.3 Å². The molecule has 0 bridgehead atoms. The Labute approximate surface area is 269 Å². The Kier molecular flexibility index (Phi) is 7.38. The van der Waals surface area contributed by atoms with E-state index in [2.05, 4.69) is 15.9 Å². The number of imide groups is 1. The average molecular weight is 693 g/mol. The van der Waals surface area contributed by atoms with Gasteiger partial charge in [-0.25, -0.2) is 4.90 Å². The topological polar surface area (TPSA) is 190 Å². The zero-order valence-electron chi connectivity index (χ0n) is 24.6. The van der Waals surface area contributed by atoms with Crippen LogP contribution in [0.3, 0.4) is 0 Å². The van der Waals surface area contributed by atoms with Gasteiger partial charge in [-0.3, -0.25) is 39.4 Å². The molecule has 1 N–H and O–H groups in total. The molecular formula is C31H25BrN4O10. The number of methoxy groups -OCH3 is 1. The number of carbonyl (C=O) groups excluding carboxylic acids is 4. The lowest BCUT2D eigenvalue weighted by molar-refractivity contribution is -0.392. The smallest absolute Gasteiger partial charge is 0.301 e. The Bertz CT molecular complexity index is 1880. The van der Waals surface area contributed by atoms with Crippen molar-refractivity contribution in [2.45, 2.75) is 18.8 Å². The van der Waals surface area contributed by atoms with Gasteiger partial charge in [0.25, 0.3) is 0 Å². The van der Waals surface area contributed by atoms with Crippen molar-refractivity contribution in [3.8, 4) is 11.5 Å². The fraction of sp³-hybridized carbons (Fsp3) is 0.290. The van der Waals surface area contributed by atoms with Gasteiger partial charge < -0.3 is 14.7 Å². The van der Waals surface area contributed by atoms with Crippen molar-refractivity contribution in [2.75, 3.05) is 31.0 Å². The summed E-state index contributed by atoms with van der Waals surface area (Å²) in [6.07, 6.45) is 2.88. The van der Waals surface area contributed by atoms with E-state index >= 15 is 0 Å². The number of amides is 2. The number of ether oxygens (including phenoxy) is 1. The number of Topliss-reactive ketones (excluding diaryl/α,β-unsaturated/α-hetero) is 1. The summed E-state index contributed by atoms with van der Waals surface area (Å²) in [7, 11) is 4.23. The van der Waals surface area contributed by atoms with Crippen LogP contribution >= 0.6 is 15.9 Å². The summed E-state index contributed by atoms with van der Waals surface area (Å²) in [5, 5.41) is 35.0. The number of aromatic hydroxyl groups is 1. The second kappa shape index (κ2) is 11.0. The molecule has 46 heavy (non-hydrogen) atoms. The maximum atomic E-state index is 14.2. The highest BCUT2D eigenvalue weighted by atomic mass is 79.9. The molecule has 2 amide bonds. The lowest BCUT2D eigenvalue weighted by Crippen LogP contribution is -2.39. The Morgan fingerprint density at radius 2 is 1.65 bits per heavy atom. The highest BCUT2D eigenvalue weighted by Crippen LogP contribution is 2.57. The van der Waals surface area contributed by atoms with E-state index in [0.29, 0.717) is 11.3 Å². The van der Waals surface area contributed by atoms with Crippen LogP contribution in [-0.4, -0.2) is 59.5 Å². The molecule has 236 valence electrons. The van der Waals surface area contributed by atoms with E-state index in [4.69, 9.17) is 4.74 Å². The molecule has 3 aliphatic carbocycles. The summed E-state index contributed by atoms with van der Waals surface area (Å²) in [6.45, 7) is 0. The van der Waals surface area contributed by atoms with Crippen molar-refractivity contribution in [2.24, 2.45) is 17.8 Å². The van der Waals surface area contributed by atoms with E-state index < -0.39 is 68.3 Å². The fourth-order valence-corrected chi connectivity index (χ4v) is 7.61. The Morgan fingerprint density at radius 3 is 2.24 bits per heavy atom. The molecule has 2 aromatic rings. The number of benzene rings is 2. The third-order valence-corrected chi connectivity index (χ3v) is 9.62. The Hall–Kier alpha value is -5.18. The molecule has 0 saturated carbocycles. The number of fused-ring (bicyclic) bond motifs is 3. The predicted molar refractivity (Wildman–Crippen MR) is 166 cm³/mol. The number of hydrogen-bond acceptors (Lipinski definition) is 11. The van der Waals surface area contributed by atoms with Crippen LogP contribution in [0.5, 0.6) is 11.5 Å². The van der Waals surface area contributed by atoms with Crippen LogP contribution in [0.25, 0.3) is 0 Å². The second-order valence-electron chi connectivity index (χ2n) is 11.6. The SMILES string of the molecule is COc1ccc(O)c([C@H]2C3=CC[C@@H]4C(=O)N(c5cc([N+](=O)[O-])c(N(C)C)c([N+](=O)[O-])c5)C(=O)[C@@H]4[C@@H]3CC3=C2C(=O)C=C(Br)C3=O)c1. The molecule has 6 rings (SSSR count). The minimum Gasteiger partial charge on any atom is -0.508 e. The van der Waals surface area contributed by atoms with Gasteiger partial charge in [0.05, 0.1) is 39.0 Å². The van der Waals surface area contributed by atoms with E-state index in [9.17, 15) is 44.5 Å². The minimum atomic E-state index is -1.06. The van der Waals surface area contributed by atoms with Crippen molar-refractivity contribution in [1.82, 2.24) is 0 Å². The number of allylic oxidation sites excluding steroid dienone is 6. The van der Waals surface area contributed by atoms with Crippen LogP contribution in [0.2, 0.25) is 0 Å². The second-order valence-corrected chi connectivity index (χ2v) is 12.4. The van der Waals surface area contributed by atoms with E-state index in [-0.39, 0.29) is 51.2 Å². The highest BCUT2D eigenvalue weighted by molar-refractivity contribution is 9.12. The van der Waals surface area contributed by atoms with Gasteiger partial charge in [0, 0.05) is 54.9 Å². The number of phenols is 1. The van der Waals surface area contributed by atoms with Gasteiger partial charge in [-0.15, -0.1) is 0 Å². The Morgan fingerprint density at radius 1 is 1.00 bits per heavy atom. The number of nitro benzene ring substituents is 2. The van der Waals surface area contributed by atoms with Gasteiger partial charge in [-0.1, -0.05) is 11.6 Å². The monoisotopic (exact) mass is 692 g/mol. The molecule has 0 unspecified atom stereocenters. The van der Waals surface area contributed by atoms with Crippen LogP contribution in [0.1, 0.15) is 24.3 Å². The minimum absolute atomic E-state index is 0.0284. The molecule has 0 aromatic heterocycles. The number of nitrogens with zero attached hydrogens (tertiary/aromatic N) is 4. The number of rotatable bonds is 6. The highest BCUT2D eigenvalue weighted by Gasteiger charge is 2.57. The number of phenolic OH excluding ortho intramolecular Hbond substituents is 1. The van der Waals surface area contributed by atoms with Crippen molar-refractivity contribution >= 4 is 62.1 Å². The molecule has 15 heteroatoms. The zero-order valence-corrected chi connectivity index (χ0v) is 26.1. The lowest BCUT2D eigenvalue weighted by atomic mass is 9.59. The first-order chi connectivity index (χ1) is 21.8. The number of anilines is 2. The van der Waals surface area contributed by atoms with Crippen LogP contribution in [0.15, 0.2) is 63.7 Å². The van der Waals surface area contributed by atoms with Crippen molar-refractivity contribution in [1.29, 1.82) is 0 Å². The normalized spacial score (nSPS) is 23.8. The third kappa shape index (κ3) is 4.52. The molecule has 0 spiro atoms. The predicted octanol–water partition coefficient (Wildman–Crippen LogP) is 4.25. The summed E-state index contributed by atoms with van der Waals surface area (Å²) in [4.78, 5) is 79.3. The number of halogens is 1. The third-order valence-electron chi connectivity index (χ3n) is 9.03. The van der Waals surface area contributed by atoms with Crippen molar-refractivity contribution < 1.29 is 38.9 Å². The lowest BCUT2D eigenvalue weighted by Gasteiger charge is -2.42. The fourth-order valence-electron chi connectivity index (χ4n) is 7.16. The first kappa shape index (κ1) is 30.8. The van der Waals surface area contributed by atoms with Crippen LogP contribution in [0.4, 0.5) is 22.7 Å². The van der Waals surface area contributed by atoms with Gasteiger partial charge in [0.15, 0.2) is 17.3 Å². The first-order valence-electron chi connectivity index (χ1n) is 14.0. The van der Waals surface area contributed by atoms with Crippen LogP contribution in [0, 0.1) is 38.0 Å². The number of hydrogen-bond donors (Lipinski definition) is 1. The molecule has 4 atom stereocenters. The van der Waals surface area contributed by atoms with Gasteiger partial charge in [0.1, 0.15) is 11.5 Å². The van der Waals surface area contributed by atoms with Gasteiger partial charge >= 0.3 is 11.4 Å². The zero-order chi connectivity index (χ0) is 33.4. The van der Waals surface area contributed by atoms with Gasteiger partial charge in [0.2, 0.25) is 11.8 Å². The molecule has 4 aliphatic rings. The van der Waals surface area contributed by atoms with E-state index in [1.54, 1.807) is 12.1 Å². The van der Waals surface area contributed by atoms with Crippen molar-refractivity contribution in [3.05, 3.63) is 89.5 Å². The number of carbonyl (C=O) groups is 4. The van der Waals surface area contributed by atoms with E-state index in [1.807, 2.05) is 0 Å². The maximum Gasteiger partial charge on any atom is 0.301 e. The number of ketones is 2. The van der Waals surface area contributed by atoms with Crippen LogP contribution in [-0.2, 0) is 19.2 Å². The van der Waals surface area contributed by atoms with Gasteiger partial charge in [-0.05, 0) is 52.9 Å². The average Bonchev–Trinajstić information content (AvgIpc) is 3.27. The summed E-state index contributed by atoms with van der Waals surface area (Å²) in [5.41, 5.74) is -0.827. The summed E-state index contributed by atoms with van der Waals surface area (Å²) in [5.74, 6) is -5.89. The standard InChI is InChI=1S/C31H25BrN4O10/c1-33(2)28-21(35(42)43)8-13(9-22(28)36(44)45)34-30(40)16-6-5-15-17(26(16)31(34)41)11-19-27(24(38)12-20(32)29(19)39)25(15)18-10-14(46-3)4-7-23(18)37/h4-5,7-10,12,16-17,25-26,37H,6,11H2,1-3H3/t16-,17+,25+,26-/m0/s1. The largest absolute Gasteiger partial charge is 0.508 e. The molecule has 2 aromatic carbocycles. The molecule has 14 nitrogen and oxygen atoms in total. The molecular weight excluding hydrogens is 668 g/mol. The maximum absolute atomic E-state index is 14.2. The molecule has 1 heterocycles. The molecule has 0 radical (unpaired) electrons. The summed E-state index contributed by atoms with van der Waals surface area (Å²) >= 11 is 3.16. The van der Waals surface area contributed by atoms with Crippen molar-refractivity contribution in [3.63, 3.8) is 0 Å². The van der Waals surface area contributed by atoms with Crippen LogP contribution < -0.4 is 14.5 Å². The summed E-state index contributed by atoms with van der Waals surface area (Å²) < 4.78 is 5.38. The quantitative estimate of drug-likeness (QED) is 0.150. The Balaban J connectivity index is 1.50. The molecule has 1 fully saturated rings. The summed E-state index contributed by atoms with van der Waals surface area (Å²) in [6, 6.07) is 6.40. The first-order valence-corrected chi connectivity index (χ1v) is 14.8. The van der Waals surface area contributed by atoms with Gasteiger partial charge in [-0.2, -0.15) is 0 Å². The molecule has 1 saturated heterocycles.